The zero-order chi connectivity index (χ0) is 17.9. The minimum atomic E-state index is -1.03. The van der Waals surface area contributed by atoms with E-state index in [1.54, 1.807) is 7.05 Å². The van der Waals surface area contributed by atoms with Gasteiger partial charge in [-0.1, -0.05) is 48.5 Å². The fourth-order valence-corrected chi connectivity index (χ4v) is 3.39. The average molecular weight is 487 g/mol. The summed E-state index contributed by atoms with van der Waals surface area (Å²) >= 11 is 0. The largest absolute Gasteiger partial charge is 0.396 e. The van der Waals surface area contributed by atoms with Gasteiger partial charge in [-0.05, 0) is 17.7 Å². The molecule has 0 fully saturated rings. The van der Waals surface area contributed by atoms with Crippen molar-refractivity contribution in [3.05, 3.63) is 66.2 Å². The number of halogens is 1. The second-order valence-electron chi connectivity index (χ2n) is 5.53. The molecule has 0 saturated heterocycles. The first-order chi connectivity index (χ1) is 12.2. The van der Waals surface area contributed by atoms with E-state index in [0.29, 0.717) is 24.8 Å². The van der Waals surface area contributed by atoms with Gasteiger partial charge in [-0.25, -0.2) is 0 Å². The normalized spacial score (nSPS) is 13.4. The lowest BCUT2D eigenvalue weighted by atomic mass is 10.0. The summed E-state index contributed by atoms with van der Waals surface area (Å²) in [5.74, 6) is 1.14. The van der Waals surface area contributed by atoms with E-state index >= 15 is 0 Å². The van der Waals surface area contributed by atoms with Crippen molar-refractivity contribution in [2.24, 2.45) is 4.99 Å². The van der Waals surface area contributed by atoms with Gasteiger partial charge in [0.1, 0.15) is 0 Å². The molecule has 142 valence electrons. The monoisotopic (exact) mass is 487 g/mol. The maximum absolute atomic E-state index is 12.2. The van der Waals surface area contributed by atoms with Crippen molar-refractivity contribution in [3.8, 4) is 0 Å². The Balaban J connectivity index is 0.00000338. The van der Waals surface area contributed by atoms with Crippen LogP contribution in [0.1, 0.15) is 11.5 Å². The van der Waals surface area contributed by atoms with Crippen LogP contribution in [0.3, 0.4) is 0 Å². The Labute approximate surface area is 174 Å². The number of guanidine groups is 1. The molecule has 0 aliphatic rings. The summed E-state index contributed by atoms with van der Waals surface area (Å²) in [6, 6.07) is 19.3. The Bertz CT molecular complexity index is 684. The number of rotatable bonds is 8. The second kappa shape index (κ2) is 12.8. The highest BCUT2D eigenvalue weighted by Crippen LogP contribution is 2.13. The third-order valence-corrected chi connectivity index (χ3v) is 5.19. The van der Waals surface area contributed by atoms with E-state index in [2.05, 4.69) is 15.6 Å². The smallest absolute Gasteiger partial charge is 0.191 e. The molecule has 0 aromatic heterocycles. The van der Waals surface area contributed by atoms with Gasteiger partial charge >= 0.3 is 0 Å². The molecule has 0 spiro atoms. The van der Waals surface area contributed by atoms with Gasteiger partial charge in [0, 0.05) is 36.7 Å². The highest BCUT2D eigenvalue weighted by atomic mass is 127. The highest BCUT2D eigenvalue weighted by Gasteiger charge is 2.11. The van der Waals surface area contributed by atoms with Crippen molar-refractivity contribution in [2.45, 2.75) is 10.8 Å². The Kier molecular flexibility index (Phi) is 11.1. The number of aliphatic hydroxyl groups is 1. The fourth-order valence-electron chi connectivity index (χ4n) is 2.41. The fraction of sp³-hybridized carbons (Fsp3) is 0.316. The first-order valence-corrected chi connectivity index (χ1v) is 9.60. The lowest BCUT2D eigenvalue weighted by Crippen LogP contribution is -2.41. The zero-order valence-corrected chi connectivity index (χ0v) is 17.9. The van der Waals surface area contributed by atoms with Crippen molar-refractivity contribution < 1.29 is 9.32 Å². The third kappa shape index (κ3) is 7.43. The summed E-state index contributed by atoms with van der Waals surface area (Å²) in [5, 5.41) is 16.0. The molecule has 2 atom stereocenters. The number of hydrogen-bond donors (Lipinski definition) is 3. The van der Waals surface area contributed by atoms with Gasteiger partial charge < -0.3 is 15.7 Å². The number of aliphatic hydroxyl groups excluding tert-OH is 1. The minimum Gasteiger partial charge on any atom is -0.396 e. The van der Waals surface area contributed by atoms with E-state index < -0.39 is 10.8 Å². The van der Waals surface area contributed by atoms with E-state index in [1.165, 1.54) is 0 Å². The van der Waals surface area contributed by atoms with E-state index in [4.69, 9.17) is 0 Å². The predicted molar refractivity (Wildman–Crippen MR) is 119 cm³/mol. The third-order valence-electron chi connectivity index (χ3n) is 3.82. The molecule has 7 heteroatoms. The Morgan fingerprint density at radius 3 is 2.27 bits per heavy atom. The topological polar surface area (TPSA) is 73.7 Å². The van der Waals surface area contributed by atoms with Gasteiger partial charge in [-0.3, -0.25) is 9.20 Å². The first-order valence-electron chi connectivity index (χ1n) is 8.28. The second-order valence-corrected chi connectivity index (χ2v) is 7.10. The summed E-state index contributed by atoms with van der Waals surface area (Å²) in [5.41, 5.74) is 1.08. The van der Waals surface area contributed by atoms with Gasteiger partial charge in [0.25, 0.3) is 0 Å². The molecule has 2 aromatic carbocycles. The van der Waals surface area contributed by atoms with Crippen LogP contribution >= 0.6 is 24.0 Å². The van der Waals surface area contributed by atoms with Crippen LogP contribution in [0, 0.1) is 0 Å². The standard InChI is InChI=1S/C19H25N3O2S.HI/c1-20-19(21-12-13-25(24)18-10-6-3-7-11-18)22-14-17(15-23)16-8-4-2-5-9-16;/h2-11,17,23H,12-15H2,1H3,(H2,20,21,22);1H. The van der Waals surface area contributed by atoms with Gasteiger partial charge in [-0.15, -0.1) is 24.0 Å². The Morgan fingerprint density at radius 1 is 1.08 bits per heavy atom. The summed E-state index contributed by atoms with van der Waals surface area (Å²) in [6.07, 6.45) is 0. The van der Waals surface area contributed by atoms with Gasteiger partial charge in [0.2, 0.25) is 0 Å². The molecule has 0 amide bonds. The van der Waals surface area contributed by atoms with Crippen molar-refractivity contribution in [2.75, 3.05) is 32.5 Å². The summed E-state index contributed by atoms with van der Waals surface area (Å²) < 4.78 is 12.2. The van der Waals surface area contributed by atoms with Crippen molar-refractivity contribution in [3.63, 3.8) is 0 Å². The lowest BCUT2D eigenvalue weighted by Gasteiger charge is -2.18. The molecule has 0 bridgehead atoms. The van der Waals surface area contributed by atoms with Gasteiger partial charge in [-0.2, -0.15) is 0 Å². The molecule has 2 rings (SSSR count). The van der Waals surface area contributed by atoms with Crippen molar-refractivity contribution in [1.29, 1.82) is 0 Å². The van der Waals surface area contributed by atoms with Crippen LogP contribution in [0.4, 0.5) is 0 Å². The quantitative estimate of drug-likeness (QED) is 0.304. The predicted octanol–water partition coefficient (Wildman–Crippen LogP) is 2.35. The molecule has 2 unspecified atom stereocenters. The number of benzene rings is 2. The van der Waals surface area contributed by atoms with E-state index in [1.807, 2.05) is 60.7 Å². The molecule has 2 aromatic rings. The summed E-state index contributed by atoms with van der Waals surface area (Å²) in [6.45, 7) is 1.18. The Morgan fingerprint density at radius 2 is 1.69 bits per heavy atom. The molecule has 0 aliphatic heterocycles. The van der Waals surface area contributed by atoms with E-state index in [0.717, 1.165) is 10.5 Å². The average Bonchev–Trinajstić information content (AvgIpc) is 2.68. The van der Waals surface area contributed by atoms with Crippen LogP contribution < -0.4 is 10.6 Å². The van der Waals surface area contributed by atoms with E-state index in [9.17, 15) is 9.32 Å². The first kappa shape index (κ1) is 22.6. The molecule has 0 radical (unpaired) electrons. The van der Waals surface area contributed by atoms with Crippen LogP contribution in [-0.2, 0) is 10.8 Å². The van der Waals surface area contributed by atoms with Crippen LogP contribution in [0.15, 0.2) is 70.6 Å². The van der Waals surface area contributed by atoms with Crippen molar-refractivity contribution >= 4 is 40.7 Å². The molecule has 0 aliphatic carbocycles. The maximum atomic E-state index is 12.2. The number of nitrogens with one attached hydrogen (secondary N) is 2. The minimum absolute atomic E-state index is 0. The molecular weight excluding hydrogens is 461 g/mol. The van der Waals surface area contributed by atoms with Crippen LogP contribution in [0.5, 0.6) is 0 Å². The van der Waals surface area contributed by atoms with Crippen LogP contribution in [0.25, 0.3) is 0 Å². The molecule has 0 heterocycles. The van der Waals surface area contributed by atoms with Crippen LogP contribution in [0.2, 0.25) is 0 Å². The zero-order valence-electron chi connectivity index (χ0n) is 14.8. The summed E-state index contributed by atoms with van der Waals surface area (Å²) in [4.78, 5) is 5.00. The highest BCUT2D eigenvalue weighted by molar-refractivity contribution is 14.0. The van der Waals surface area contributed by atoms with Gasteiger partial charge in [0.05, 0.1) is 17.4 Å². The van der Waals surface area contributed by atoms with Crippen LogP contribution in [-0.4, -0.2) is 47.8 Å². The maximum Gasteiger partial charge on any atom is 0.191 e. The SMILES string of the molecule is CN=C(NCCS(=O)c1ccccc1)NCC(CO)c1ccccc1.I. The Hall–Kier alpha value is -1.45. The number of nitrogens with zero attached hydrogens (tertiary/aromatic N) is 1. The number of hydrogen-bond acceptors (Lipinski definition) is 3. The molecule has 26 heavy (non-hydrogen) atoms. The van der Waals surface area contributed by atoms with Gasteiger partial charge in [0.15, 0.2) is 5.96 Å². The number of aliphatic imine (C=N–C) groups is 1. The van der Waals surface area contributed by atoms with Crippen molar-refractivity contribution in [1.82, 2.24) is 10.6 Å². The molecule has 3 N–H and O–H groups in total. The van der Waals surface area contributed by atoms with E-state index in [-0.39, 0.29) is 36.5 Å². The lowest BCUT2D eigenvalue weighted by molar-refractivity contribution is 0.265. The molecule has 5 nitrogen and oxygen atoms in total. The molecule has 0 saturated carbocycles. The summed E-state index contributed by atoms with van der Waals surface area (Å²) in [7, 11) is 0.663. The molecular formula is C19H26IN3O2S.